The molecule has 0 N–H and O–H groups in total. The van der Waals surface area contributed by atoms with E-state index in [1.807, 2.05) is 0 Å². The van der Waals surface area contributed by atoms with Gasteiger partial charge < -0.3 is 9.64 Å². The first-order chi connectivity index (χ1) is 8.81. The lowest BCUT2D eigenvalue weighted by Gasteiger charge is -2.34. The summed E-state index contributed by atoms with van der Waals surface area (Å²) in [5.41, 5.74) is 1.52. The molecule has 1 aromatic carbocycles. The van der Waals surface area contributed by atoms with Crippen LogP contribution in [0, 0.1) is 0 Å². The second-order valence-corrected chi connectivity index (χ2v) is 5.39. The Labute approximate surface area is 111 Å². The largest absolute Gasteiger partial charge is 0.383 e. The highest BCUT2D eigenvalue weighted by Crippen LogP contribution is 2.34. The zero-order valence-electron chi connectivity index (χ0n) is 11.6. The molecule has 0 atom stereocenters. The van der Waals surface area contributed by atoms with Gasteiger partial charge in [-0.3, -0.25) is 0 Å². The van der Waals surface area contributed by atoms with Crippen molar-refractivity contribution in [2.45, 2.75) is 37.6 Å². The minimum Gasteiger partial charge on any atom is -0.383 e. The van der Waals surface area contributed by atoms with Gasteiger partial charge in [-0.2, -0.15) is 0 Å². The first-order valence-electron chi connectivity index (χ1n) is 7.05. The summed E-state index contributed by atoms with van der Waals surface area (Å²) in [5.74, 6) is 0.776. The monoisotopic (exact) mass is 247 g/mol. The van der Waals surface area contributed by atoms with Crippen molar-refractivity contribution in [3.63, 3.8) is 0 Å². The summed E-state index contributed by atoms with van der Waals surface area (Å²) < 4.78 is 5.15. The molecule has 18 heavy (non-hydrogen) atoms. The van der Waals surface area contributed by atoms with Crippen LogP contribution in [0.15, 0.2) is 30.3 Å². The van der Waals surface area contributed by atoms with Crippen LogP contribution in [-0.4, -0.2) is 38.3 Å². The van der Waals surface area contributed by atoms with Crippen LogP contribution in [0.5, 0.6) is 0 Å². The number of likely N-dealkylation sites (N-methyl/N-ethyl adjacent to an activating group) is 1. The van der Waals surface area contributed by atoms with Crippen molar-refractivity contribution in [3.8, 4) is 0 Å². The SMILES string of the molecule is COCCN(C)C1CCC(c2ccccc2)CC1. The van der Waals surface area contributed by atoms with Crippen LogP contribution in [0.25, 0.3) is 0 Å². The zero-order chi connectivity index (χ0) is 12.8. The Morgan fingerprint density at radius 2 is 1.78 bits per heavy atom. The minimum absolute atomic E-state index is 0.750. The van der Waals surface area contributed by atoms with Crippen molar-refractivity contribution >= 4 is 0 Å². The number of rotatable bonds is 5. The predicted octanol–water partition coefficient (Wildman–Crippen LogP) is 3.29. The van der Waals surface area contributed by atoms with Gasteiger partial charge in [-0.15, -0.1) is 0 Å². The number of ether oxygens (including phenoxy) is 1. The molecule has 0 radical (unpaired) electrons. The quantitative estimate of drug-likeness (QED) is 0.791. The molecule has 1 aliphatic carbocycles. The molecule has 2 rings (SSSR count). The molecule has 0 unspecified atom stereocenters. The first kappa shape index (κ1) is 13.6. The van der Waals surface area contributed by atoms with Gasteiger partial charge in [0.1, 0.15) is 0 Å². The van der Waals surface area contributed by atoms with Crippen LogP contribution < -0.4 is 0 Å². The number of hydrogen-bond donors (Lipinski definition) is 0. The molecule has 1 fully saturated rings. The Kier molecular flexibility index (Phi) is 5.21. The van der Waals surface area contributed by atoms with Gasteiger partial charge in [-0.05, 0) is 44.2 Å². The highest BCUT2D eigenvalue weighted by molar-refractivity contribution is 5.20. The van der Waals surface area contributed by atoms with E-state index in [1.54, 1.807) is 7.11 Å². The fraction of sp³-hybridized carbons (Fsp3) is 0.625. The third-order valence-electron chi connectivity index (χ3n) is 4.24. The molecule has 0 aliphatic heterocycles. The van der Waals surface area contributed by atoms with Crippen LogP contribution in [0.3, 0.4) is 0 Å². The highest BCUT2D eigenvalue weighted by atomic mass is 16.5. The van der Waals surface area contributed by atoms with Gasteiger partial charge in [0.2, 0.25) is 0 Å². The summed E-state index contributed by atoms with van der Waals surface area (Å²) in [4.78, 5) is 2.46. The second kappa shape index (κ2) is 6.91. The van der Waals surface area contributed by atoms with Gasteiger partial charge in [0, 0.05) is 19.7 Å². The topological polar surface area (TPSA) is 12.5 Å². The molecule has 100 valence electrons. The molecule has 0 bridgehead atoms. The lowest BCUT2D eigenvalue weighted by atomic mass is 9.81. The van der Waals surface area contributed by atoms with Crippen LogP contribution in [0.4, 0.5) is 0 Å². The van der Waals surface area contributed by atoms with Gasteiger partial charge in [0.15, 0.2) is 0 Å². The molecular weight excluding hydrogens is 222 g/mol. The van der Waals surface area contributed by atoms with Gasteiger partial charge in [0.05, 0.1) is 6.61 Å². The number of nitrogens with zero attached hydrogens (tertiary/aromatic N) is 1. The summed E-state index contributed by atoms with van der Waals surface area (Å²) in [6.07, 6.45) is 5.29. The molecule has 1 saturated carbocycles. The van der Waals surface area contributed by atoms with Gasteiger partial charge in [-0.25, -0.2) is 0 Å². The maximum absolute atomic E-state index is 5.15. The van der Waals surface area contributed by atoms with Crippen molar-refractivity contribution in [1.82, 2.24) is 4.90 Å². The van der Waals surface area contributed by atoms with Crippen LogP contribution in [0.2, 0.25) is 0 Å². The van der Waals surface area contributed by atoms with Crippen LogP contribution in [-0.2, 0) is 4.74 Å². The van der Waals surface area contributed by atoms with Crippen molar-refractivity contribution in [1.29, 1.82) is 0 Å². The summed E-state index contributed by atoms with van der Waals surface area (Å²) in [6, 6.07) is 11.7. The zero-order valence-corrected chi connectivity index (χ0v) is 11.6. The molecule has 0 aromatic heterocycles. The Hall–Kier alpha value is -0.860. The molecule has 1 aromatic rings. The molecule has 0 heterocycles. The lowest BCUT2D eigenvalue weighted by Crippen LogP contribution is -2.36. The molecule has 2 heteroatoms. The Morgan fingerprint density at radius 1 is 1.11 bits per heavy atom. The van der Waals surface area contributed by atoms with Crippen LogP contribution >= 0.6 is 0 Å². The summed E-state index contributed by atoms with van der Waals surface area (Å²) in [5, 5.41) is 0. The maximum atomic E-state index is 5.15. The van der Waals surface area contributed by atoms with Gasteiger partial charge >= 0.3 is 0 Å². The van der Waals surface area contributed by atoms with E-state index >= 15 is 0 Å². The molecule has 2 nitrogen and oxygen atoms in total. The first-order valence-corrected chi connectivity index (χ1v) is 7.05. The van der Waals surface area contributed by atoms with E-state index in [2.05, 4.69) is 42.3 Å². The Bertz CT molecular complexity index is 330. The molecule has 0 spiro atoms. The van der Waals surface area contributed by atoms with Crippen molar-refractivity contribution in [2.75, 3.05) is 27.3 Å². The van der Waals surface area contributed by atoms with E-state index in [0.717, 1.165) is 25.1 Å². The molecule has 0 saturated heterocycles. The number of benzene rings is 1. The van der Waals surface area contributed by atoms with Crippen molar-refractivity contribution in [3.05, 3.63) is 35.9 Å². The Balaban J connectivity index is 1.81. The van der Waals surface area contributed by atoms with Gasteiger partial charge in [0.25, 0.3) is 0 Å². The van der Waals surface area contributed by atoms with E-state index in [4.69, 9.17) is 4.74 Å². The minimum atomic E-state index is 0.750. The van der Waals surface area contributed by atoms with Gasteiger partial charge in [-0.1, -0.05) is 30.3 Å². The predicted molar refractivity (Wildman–Crippen MR) is 75.9 cm³/mol. The third-order valence-corrected chi connectivity index (χ3v) is 4.24. The maximum Gasteiger partial charge on any atom is 0.0589 e. The average molecular weight is 247 g/mol. The molecule has 0 amide bonds. The fourth-order valence-corrected chi connectivity index (χ4v) is 2.99. The van der Waals surface area contributed by atoms with Crippen molar-refractivity contribution < 1.29 is 4.74 Å². The molecule has 1 aliphatic rings. The summed E-state index contributed by atoms with van der Waals surface area (Å²) in [7, 11) is 4.01. The third kappa shape index (κ3) is 3.56. The number of methoxy groups -OCH3 is 1. The number of hydrogen-bond acceptors (Lipinski definition) is 2. The van der Waals surface area contributed by atoms with E-state index in [0.29, 0.717) is 0 Å². The van der Waals surface area contributed by atoms with E-state index < -0.39 is 0 Å². The van der Waals surface area contributed by atoms with Crippen molar-refractivity contribution in [2.24, 2.45) is 0 Å². The Morgan fingerprint density at radius 3 is 2.39 bits per heavy atom. The average Bonchev–Trinajstić information content (AvgIpc) is 2.46. The smallest absolute Gasteiger partial charge is 0.0589 e. The van der Waals surface area contributed by atoms with E-state index in [1.165, 1.54) is 31.2 Å². The van der Waals surface area contributed by atoms with E-state index in [9.17, 15) is 0 Å². The summed E-state index contributed by atoms with van der Waals surface area (Å²) in [6.45, 7) is 1.90. The standard InChI is InChI=1S/C16H25NO/c1-17(12-13-18-2)16-10-8-15(9-11-16)14-6-4-3-5-7-14/h3-7,15-16H,8-13H2,1-2H3. The van der Waals surface area contributed by atoms with Crippen LogP contribution in [0.1, 0.15) is 37.2 Å². The second-order valence-electron chi connectivity index (χ2n) is 5.39. The fourth-order valence-electron chi connectivity index (χ4n) is 2.99. The lowest BCUT2D eigenvalue weighted by molar-refractivity contribution is 0.120. The highest BCUT2D eigenvalue weighted by Gasteiger charge is 2.24. The van der Waals surface area contributed by atoms with E-state index in [-0.39, 0.29) is 0 Å². The molecular formula is C16H25NO. The summed E-state index contributed by atoms with van der Waals surface area (Å²) >= 11 is 0. The normalized spacial score (nSPS) is 24.4.